The van der Waals surface area contributed by atoms with Gasteiger partial charge in [0.1, 0.15) is 5.39 Å². The van der Waals surface area contributed by atoms with Gasteiger partial charge in [-0.2, -0.15) is 23.3 Å². The number of alkyl halides is 3. The molecule has 30 heavy (non-hydrogen) atoms. The Morgan fingerprint density at radius 2 is 2.03 bits per heavy atom. The molecule has 0 unspecified atom stereocenters. The van der Waals surface area contributed by atoms with E-state index in [4.69, 9.17) is 9.47 Å². The van der Waals surface area contributed by atoms with Gasteiger partial charge in [-0.25, -0.2) is 4.68 Å². The summed E-state index contributed by atoms with van der Waals surface area (Å²) in [5.41, 5.74) is -0.00187. The van der Waals surface area contributed by atoms with Crippen LogP contribution in [0.1, 0.15) is 11.1 Å². The van der Waals surface area contributed by atoms with Gasteiger partial charge in [0.15, 0.2) is 11.9 Å². The van der Waals surface area contributed by atoms with Crippen molar-refractivity contribution in [1.82, 2.24) is 19.3 Å². The van der Waals surface area contributed by atoms with E-state index < -0.39 is 23.6 Å². The van der Waals surface area contributed by atoms with Crippen LogP contribution in [0.4, 0.5) is 19.1 Å². The molecule has 0 spiro atoms. The molecule has 0 atom stereocenters. The smallest absolute Gasteiger partial charge is 0.354 e. The van der Waals surface area contributed by atoms with E-state index in [1.807, 2.05) is 0 Å². The van der Waals surface area contributed by atoms with Crippen LogP contribution in [0.3, 0.4) is 0 Å². The number of anilines is 1. The van der Waals surface area contributed by atoms with Crippen molar-refractivity contribution >= 4 is 22.7 Å². The first-order valence-electron chi connectivity index (χ1n) is 8.99. The fraction of sp³-hybridized carbons (Fsp3) is 0.316. The fourth-order valence-corrected chi connectivity index (χ4v) is 3.35. The molecule has 4 rings (SSSR count). The lowest BCUT2D eigenvalue weighted by molar-refractivity contribution is -0.137. The lowest BCUT2D eigenvalue weighted by Crippen LogP contribution is -2.28. The molecular formula is C19H18F3N5O3. The zero-order valence-corrected chi connectivity index (χ0v) is 16.1. The highest BCUT2D eigenvalue weighted by Gasteiger charge is 2.31. The highest BCUT2D eigenvalue weighted by atomic mass is 19.4. The monoisotopic (exact) mass is 421 g/mol. The van der Waals surface area contributed by atoms with Crippen LogP contribution in [-0.2, 0) is 22.2 Å². The van der Waals surface area contributed by atoms with Crippen molar-refractivity contribution < 1.29 is 22.6 Å². The van der Waals surface area contributed by atoms with Crippen molar-refractivity contribution in [2.24, 2.45) is 0 Å². The van der Waals surface area contributed by atoms with Crippen molar-refractivity contribution in [3.05, 3.63) is 58.0 Å². The fourth-order valence-electron chi connectivity index (χ4n) is 3.35. The maximum Gasteiger partial charge on any atom is 0.416 e. The van der Waals surface area contributed by atoms with Gasteiger partial charge in [-0.15, -0.1) is 0 Å². The van der Waals surface area contributed by atoms with Gasteiger partial charge in [0, 0.05) is 26.3 Å². The van der Waals surface area contributed by atoms with E-state index in [1.54, 1.807) is 16.7 Å². The number of methoxy groups -OCH3 is 2. The minimum Gasteiger partial charge on any atom is -0.354 e. The van der Waals surface area contributed by atoms with Crippen molar-refractivity contribution in [3.8, 4) is 0 Å². The molecule has 0 radical (unpaired) electrons. The maximum absolute atomic E-state index is 13.1. The minimum atomic E-state index is -4.46. The molecule has 3 heterocycles. The van der Waals surface area contributed by atoms with Crippen LogP contribution in [0.25, 0.3) is 16.7 Å². The summed E-state index contributed by atoms with van der Waals surface area (Å²) in [6, 6.07) is 4.99. The van der Waals surface area contributed by atoms with Crippen LogP contribution in [0.2, 0.25) is 0 Å². The molecule has 0 aliphatic carbocycles. The zero-order valence-electron chi connectivity index (χ0n) is 16.1. The van der Waals surface area contributed by atoms with E-state index in [2.05, 4.69) is 15.4 Å². The molecule has 0 saturated carbocycles. The summed E-state index contributed by atoms with van der Waals surface area (Å²) in [7, 11) is 2.98. The van der Waals surface area contributed by atoms with Gasteiger partial charge in [0.25, 0.3) is 5.56 Å². The molecule has 1 aliphatic heterocycles. The maximum atomic E-state index is 13.1. The quantitative estimate of drug-likeness (QED) is 0.616. The molecule has 11 heteroatoms. The first kappa shape index (κ1) is 20.1. The number of ether oxygens (including phenoxy) is 2. The van der Waals surface area contributed by atoms with Gasteiger partial charge in [-0.3, -0.25) is 9.36 Å². The van der Waals surface area contributed by atoms with E-state index in [9.17, 15) is 18.0 Å². The number of nitrogens with zero attached hydrogens (tertiary/aromatic N) is 4. The number of hydrogen-bond donors (Lipinski definition) is 1. The van der Waals surface area contributed by atoms with E-state index in [0.717, 1.165) is 12.1 Å². The topological polar surface area (TPSA) is 83.2 Å². The lowest BCUT2D eigenvalue weighted by atomic mass is 10.1. The number of halogens is 3. The summed E-state index contributed by atoms with van der Waals surface area (Å²) in [4.78, 5) is 16.5. The van der Waals surface area contributed by atoms with Crippen LogP contribution in [-0.4, -0.2) is 46.4 Å². The standard InChI is InChI=1S/C19H18F3N5O3/c1-29-15(30-2)10-23-18-25-16(28)13-9-24-27-14(6-7-26(18)17(13)27)11-4-3-5-12(8-11)19(20,21)22/h3-6,8-9,15H,7,10H2,1-2H3,(H,23,25,28). The van der Waals surface area contributed by atoms with Gasteiger partial charge >= 0.3 is 6.18 Å². The summed E-state index contributed by atoms with van der Waals surface area (Å²) in [6.45, 7) is 0.525. The average Bonchev–Trinajstić information content (AvgIpc) is 3.18. The highest BCUT2D eigenvalue weighted by Crippen LogP contribution is 2.33. The first-order valence-corrected chi connectivity index (χ1v) is 8.99. The summed E-state index contributed by atoms with van der Waals surface area (Å²) >= 11 is 0. The molecule has 0 bridgehead atoms. The minimum absolute atomic E-state index is 0.239. The molecule has 0 saturated heterocycles. The summed E-state index contributed by atoms with van der Waals surface area (Å²) in [6.07, 6.45) is -1.91. The largest absolute Gasteiger partial charge is 0.416 e. The van der Waals surface area contributed by atoms with Gasteiger partial charge in [0.2, 0.25) is 5.95 Å². The van der Waals surface area contributed by atoms with Gasteiger partial charge in [-0.1, -0.05) is 12.1 Å². The molecule has 0 fully saturated rings. The molecular weight excluding hydrogens is 403 g/mol. The zero-order chi connectivity index (χ0) is 21.5. The van der Waals surface area contributed by atoms with Crippen LogP contribution in [0, 0.1) is 0 Å². The van der Waals surface area contributed by atoms with Crippen LogP contribution in [0.5, 0.6) is 0 Å². The summed E-state index contributed by atoms with van der Waals surface area (Å²) < 4.78 is 52.8. The number of rotatable bonds is 6. The molecule has 3 aromatic rings. The van der Waals surface area contributed by atoms with E-state index >= 15 is 0 Å². The second-order valence-corrected chi connectivity index (χ2v) is 6.59. The molecule has 2 aromatic heterocycles. The van der Waals surface area contributed by atoms with Gasteiger partial charge in [0.05, 0.1) is 24.0 Å². The number of nitrogens with one attached hydrogen (secondary N) is 1. The van der Waals surface area contributed by atoms with Crippen molar-refractivity contribution in [1.29, 1.82) is 0 Å². The molecule has 158 valence electrons. The number of allylic oxidation sites excluding steroid dienone is 1. The van der Waals surface area contributed by atoms with Crippen molar-refractivity contribution in [2.45, 2.75) is 19.0 Å². The first-order chi connectivity index (χ1) is 14.3. The Morgan fingerprint density at radius 3 is 2.73 bits per heavy atom. The third-order valence-corrected chi connectivity index (χ3v) is 4.83. The Kier molecular flexibility index (Phi) is 5.08. The predicted molar refractivity (Wildman–Crippen MR) is 103 cm³/mol. The number of benzene rings is 1. The third-order valence-electron chi connectivity index (χ3n) is 4.83. The Morgan fingerprint density at radius 1 is 1.27 bits per heavy atom. The molecule has 1 aromatic carbocycles. The molecule has 0 amide bonds. The Hall–Kier alpha value is -3.18. The predicted octanol–water partition coefficient (Wildman–Crippen LogP) is 2.55. The molecule has 8 nitrogen and oxygen atoms in total. The Bertz CT molecular complexity index is 1180. The molecule has 1 N–H and O–H groups in total. The highest BCUT2D eigenvalue weighted by molar-refractivity contribution is 5.83. The lowest BCUT2D eigenvalue weighted by Gasteiger charge is -2.22. The summed E-state index contributed by atoms with van der Waals surface area (Å²) in [5.74, 6) is 0.285. The van der Waals surface area contributed by atoms with E-state index in [0.29, 0.717) is 16.9 Å². The molecule has 1 aliphatic rings. The van der Waals surface area contributed by atoms with Crippen molar-refractivity contribution in [3.63, 3.8) is 0 Å². The van der Waals surface area contributed by atoms with E-state index in [1.165, 1.54) is 31.2 Å². The second-order valence-electron chi connectivity index (χ2n) is 6.59. The SMILES string of the molecule is COC(CNc1nc(=O)c2cnn3c2n1CC=C3c1cccc(C(F)(F)F)c1)OC. The summed E-state index contributed by atoms with van der Waals surface area (Å²) in [5, 5.41) is 7.52. The average molecular weight is 421 g/mol. The van der Waals surface area contributed by atoms with Gasteiger partial charge in [-0.05, 0) is 18.2 Å². The van der Waals surface area contributed by atoms with Crippen LogP contribution < -0.4 is 10.9 Å². The van der Waals surface area contributed by atoms with Crippen LogP contribution in [0.15, 0.2) is 41.3 Å². The Balaban J connectivity index is 1.78. The van der Waals surface area contributed by atoms with Gasteiger partial charge < -0.3 is 14.8 Å². The van der Waals surface area contributed by atoms with E-state index in [-0.39, 0.29) is 24.4 Å². The van der Waals surface area contributed by atoms with Crippen molar-refractivity contribution in [2.75, 3.05) is 26.1 Å². The second kappa shape index (κ2) is 7.58. The third kappa shape index (κ3) is 3.46. The normalized spacial score (nSPS) is 13.7. The van der Waals surface area contributed by atoms with Crippen LogP contribution >= 0.6 is 0 Å². The number of aromatic nitrogens is 4. The number of hydrogen-bond acceptors (Lipinski definition) is 6. The Labute approximate surface area is 168 Å².